The maximum atomic E-state index is 13.2. The molecule has 0 radical (unpaired) electrons. The Kier molecular flexibility index (Phi) is 5.51. The molecule has 0 spiro atoms. The van der Waals surface area contributed by atoms with Crippen molar-refractivity contribution in [2.45, 2.75) is 19.5 Å². The number of anilines is 3. The molecule has 1 fully saturated rings. The highest BCUT2D eigenvalue weighted by molar-refractivity contribution is 6.02. The number of carbonyl (C=O) groups excluding carboxylic acids is 1. The number of aryl methyl sites for hydroxylation is 1. The average molecular weight is 469 g/mol. The van der Waals surface area contributed by atoms with Crippen LogP contribution in [0.2, 0.25) is 0 Å². The van der Waals surface area contributed by atoms with Gasteiger partial charge in [0.05, 0.1) is 17.8 Å². The van der Waals surface area contributed by atoms with Gasteiger partial charge in [-0.1, -0.05) is 12.1 Å². The van der Waals surface area contributed by atoms with E-state index in [1.165, 1.54) is 11.0 Å². The van der Waals surface area contributed by atoms with Crippen molar-refractivity contribution in [1.82, 2.24) is 9.97 Å². The second-order valence-corrected chi connectivity index (χ2v) is 8.23. The molecule has 5 rings (SSSR count). The Labute approximate surface area is 194 Å². The molecule has 2 aliphatic heterocycles. The fourth-order valence-corrected chi connectivity index (χ4v) is 3.96. The fraction of sp³-hybridized carbons (Fsp3) is 0.292. The first-order chi connectivity index (χ1) is 16.3. The number of hydrogen-bond donors (Lipinski definition) is 1. The first-order valence-corrected chi connectivity index (χ1v) is 10.9. The minimum absolute atomic E-state index is 0.251. The van der Waals surface area contributed by atoms with Crippen LogP contribution in [0.3, 0.4) is 0 Å². The lowest BCUT2D eigenvalue weighted by Gasteiger charge is -2.32. The van der Waals surface area contributed by atoms with Crippen LogP contribution >= 0.6 is 0 Å². The number of nitrogens with one attached hydrogen (secondary N) is 1. The molecule has 7 nitrogen and oxygen atoms in total. The summed E-state index contributed by atoms with van der Waals surface area (Å²) in [6.45, 7) is 4.18. The molecule has 0 unspecified atom stereocenters. The van der Waals surface area contributed by atoms with Gasteiger partial charge in [0.25, 0.3) is 0 Å². The Morgan fingerprint density at radius 3 is 2.68 bits per heavy atom. The van der Waals surface area contributed by atoms with E-state index >= 15 is 0 Å². The van der Waals surface area contributed by atoms with Gasteiger partial charge in [0.2, 0.25) is 0 Å². The van der Waals surface area contributed by atoms with E-state index < -0.39 is 17.8 Å². The molecule has 1 N–H and O–H groups in total. The minimum Gasteiger partial charge on any atom is -0.488 e. The van der Waals surface area contributed by atoms with Crippen LogP contribution in [-0.2, 0) is 6.18 Å². The highest BCUT2D eigenvalue weighted by atomic mass is 19.4. The van der Waals surface area contributed by atoms with Gasteiger partial charge in [0.15, 0.2) is 11.6 Å². The zero-order valence-electron chi connectivity index (χ0n) is 18.4. The van der Waals surface area contributed by atoms with Gasteiger partial charge in [-0.05, 0) is 43.2 Å². The number of carbonyl (C=O) groups is 1. The summed E-state index contributed by atoms with van der Waals surface area (Å²) in [4.78, 5) is 25.6. The average Bonchev–Trinajstić information content (AvgIpc) is 2.77. The summed E-state index contributed by atoms with van der Waals surface area (Å²) in [6, 6.07) is 9.75. The van der Waals surface area contributed by atoms with Crippen LogP contribution in [0.15, 0.2) is 48.7 Å². The predicted octanol–water partition coefficient (Wildman–Crippen LogP) is 5.11. The molecule has 10 heteroatoms. The second-order valence-electron chi connectivity index (χ2n) is 8.23. The van der Waals surface area contributed by atoms with E-state index in [4.69, 9.17) is 4.74 Å². The normalized spacial score (nSPS) is 15.3. The zero-order chi connectivity index (χ0) is 23.9. The van der Waals surface area contributed by atoms with Crippen LogP contribution in [0.25, 0.3) is 11.3 Å². The van der Waals surface area contributed by atoms with Gasteiger partial charge in [-0.15, -0.1) is 0 Å². The van der Waals surface area contributed by atoms with Gasteiger partial charge in [-0.3, -0.25) is 4.90 Å². The van der Waals surface area contributed by atoms with E-state index in [0.29, 0.717) is 28.3 Å². The maximum absolute atomic E-state index is 13.2. The van der Waals surface area contributed by atoms with E-state index in [1.54, 1.807) is 31.3 Å². The van der Waals surface area contributed by atoms with E-state index in [9.17, 15) is 18.0 Å². The number of pyridine rings is 2. The summed E-state index contributed by atoms with van der Waals surface area (Å²) in [7, 11) is 0. The standard InChI is InChI=1S/C24H22F3N5O2/c1-15-12-19(16-4-2-5-17(13-16)24(25,26)27)30-22-21(15)34-11-10-32(22)23(33)29-18-6-7-28-20(14-18)31-8-3-9-31/h2,4-7,12-14H,3,8-11H2,1H3,(H,28,29,33). The summed E-state index contributed by atoms with van der Waals surface area (Å²) < 4.78 is 45.4. The molecular formula is C24H22F3N5O2. The number of benzene rings is 1. The molecule has 0 saturated carbocycles. The molecular weight excluding hydrogens is 447 g/mol. The largest absolute Gasteiger partial charge is 0.488 e. The number of hydrogen-bond acceptors (Lipinski definition) is 5. The number of amides is 2. The highest BCUT2D eigenvalue weighted by Gasteiger charge is 2.31. The van der Waals surface area contributed by atoms with Crippen LogP contribution in [0.4, 0.5) is 35.3 Å². The van der Waals surface area contributed by atoms with Crippen molar-refractivity contribution in [2.75, 3.05) is 41.4 Å². The Morgan fingerprint density at radius 1 is 1.12 bits per heavy atom. The van der Waals surface area contributed by atoms with Crippen LogP contribution in [0, 0.1) is 6.92 Å². The van der Waals surface area contributed by atoms with Crippen molar-refractivity contribution in [3.63, 3.8) is 0 Å². The number of urea groups is 1. The summed E-state index contributed by atoms with van der Waals surface area (Å²) in [5.41, 5.74) is 1.15. The Balaban J connectivity index is 1.45. The van der Waals surface area contributed by atoms with Crippen molar-refractivity contribution in [3.8, 4) is 17.0 Å². The van der Waals surface area contributed by atoms with Gasteiger partial charge in [0.1, 0.15) is 12.4 Å². The van der Waals surface area contributed by atoms with E-state index in [0.717, 1.165) is 37.5 Å². The lowest BCUT2D eigenvalue weighted by Crippen LogP contribution is -2.41. The molecule has 1 aromatic carbocycles. The smallest absolute Gasteiger partial charge is 0.416 e. The van der Waals surface area contributed by atoms with Crippen molar-refractivity contribution in [2.24, 2.45) is 0 Å². The van der Waals surface area contributed by atoms with Gasteiger partial charge in [-0.25, -0.2) is 14.8 Å². The number of rotatable bonds is 3. The number of aromatic nitrogens is 2. The van der Waals surface area contributed by atoms with E-state index in [-0.39, 0.29) is 19.0 Å². The third-order valence-corrected chi connectivity index (χ3v) is 5.87. The molecule has 2 aromatic heterocycles. The summed E-state index contributed by atoms with van der Waals surface area (Å²) in [5, 5.41) is 2.88. The molecule has 0 aliphatic carbocycles. The molecule has 3 aromatic rings. The number of alkyl halides is 3. The number of halogens is 3. The predicted molar refractivity (Wildman–Crippen MR) is 122 cm³/mol. The van der Waals surface area contributed by atoms with Crippen LogP contribution < -0.4 is 19.9 Å². The van der Waals surface area contributed by atoms with Gasteiger partial charge < -0.3 is 15.0 Å². The molecule has 2 amide bonds. The molecule has 0 bridgehead atoms. The van der Waals surface area contributed by atoms with Crippen molar-refractivity contribution in [3.05, 3.63) is 59.8 Å². The van der Waals surface area contributed by atoms with Gasteiger partial charge in [0, 0.05) is 36.6 Å². The third-order valence-electron chi connectivity index (χ3n) is 5.87. The molecule has 176 valence electrons. The van der Waals surface area contributed by atoms with Crippen molar-refractivity contribution in [1.29, 1.82) is 0 Å². The van der Waals surface area contributed by atoms with Gasteiger partial charge >= 0.3 is 12.2 Å². The minimum atomic E-state index is -4.46. The SMILES string of the molecule is Cc1cc(-c2cccc(C(F)(F)F)c2)nc2c1OCCN2C(=O)Nc1ccnc(N2CCC2)c1. The second kappa shape index (κ2) is 8.51. The topological polar surface area (TPSA) is 70.6 Å². The third kappa shape index (κ3) is 4.23. The summed E-state index contributed by atoms with van der Waals surface area (Å²) in [6.07, 6.45) is -1.71. The van der Waals surface area contributed by atoms with Crippen LogP contribution in [0.1, 0.15) is 17.5 Å². The van der Waals surface area contributed by atoms with Gasteiger partial charge in [-0.2, -0.15) is 13.2 Å². The molecule has 2 aliphatic rings. The number of nitrogens with zero attached hydrogens (tertiary/aromatic N) is 4. The first kappa shape index (κ1) is 22.0. The van der Waals surface area contributed by atoms with E-state index in [1.807, 2.05) is 6.07 Å². The quantitative estimate of drug-likeness (QED) is 0.577. The van der Waals surface area contributed by atoms with Crippen molar-refractivity contribution < 1.29 is 22.7 Å². The molecule has 4 heterocycles. The molecule has 1 saturated heterocycles. The lowest BCUT2D eigenvalue weighted by molar-refractivity contribution is -0.137. The molecule has 34 heavy (non-hydrogen) atoms. The first-order valence-electron chi connectivity index (χ1n) is 10.9. The highest BCUT2D eigenvalue weighted by Crippen LogP contribution is 2.38. The van der Waals surface area contributed by atoms with Crippen molar-refractivity contribution >= 4 is 23.4 Å². The lowest BCUT2D eigenvalue weighted by atomic mass is 10.1. The van der Waals surface area contributed by atoms with Crippen LogP contribution in [0.5, 0.6) is 5.75 Å². The number of fused-ring (bicyclic) bond motifs is 1. The Hall–Kier alpha value is -3.82. The summed E-state index contributed by atoms with van der Waals surface area (Å²) in [5.74, 6) is 1.51. The summed E-state index contributed by atoms with van der Waals surface area (Å²) >= 11 is 0. The number of ether oxygens (including phenoxy) is 1. The Morgan fingerprint density at radius 2 is 1.94 bits per heavy atom. The fourth-order valence-electron chi connectivity index (χ4n) is 3.96. The van der Waals surface area contributed by atoms with Crippen LogP contribution in [-0.4, -0.2) is 42.2 Å². The maximum Gasteiger partial charge on any atom is 0.416 e. The van der Waals surface area contributed by atoms with E-state index in [2.05, 4.69) is 20.2 Å². The Bertz CT molecular complexity index is 1240. The zero-order valence-corrected chi connectivity index (χ0v) is 18.4. The molecule has 0 atom stereocenters. The monoisotopic (exact) mass is 469 g/mol.